The van der Waals surface area contributed by atoms with Gasteiger partial charge in [0.2, 0.25) is 0 Å². The molecule has 2 N–H and O–H groups in total. The molecule has 2 rings (SSSR count). The lowest BCUT2D eigenvalue weighted by atomic mass is 9.93. The van der Waals surface area contributed by atoms with Gasteiger partial charge in [0.1, 0.15) is 5.75 Å². The number of rotatable bonds is 5. The summed E-state index contributed by atoms with van der Waals surface area (Å²) in [5, 5.41) is 0. The molecule has 0 aromatic heterocycles. The predicted molar refractivity (Wildman–Crippen MR) is 76.2 cm³/mol. The zero-order valence-electron chi connectivity index (χ0n) is 11.5. The van der Waals surface area contributed by atoms with Crippen LogP contribution in [0.5, 0.6) is 5.75 Å². The van der Waals surface area contributed by atoms with E-state index in [4.69, 9.17) is 10.5 Å². The van der Waals surface area contributed by atoms with Gasteiger partial charge in [-0.1, -0.05) is 12.5 Å². The highest BCUT2D eigenvalue weighted by atomic mass is 16.5. The van der Waals surface area contributed by atoms with E-state index < -0.39 is 0 Å². The van der Waals surface area contributed by atoms with Gasteiger partial charge in [0.05, 0.1) is 7.11 Å². The Labute approximate surface area is 111 Å². The molecule has 0 amide bonds. The fourth-order valence-electron chi connectivity index (χ4n) is 2.97. The van der Waals surface area contributed by atoms with Gasteiger partial charge in [-0.05, 0) is 74.2 Å². The van der Waals surface area contributed by atoms with Gasteiger partial charge in [-0.3, -0.25) is 0 Å². The number of unbranched alkanes of at least 4 members (excludes halogenated alkanes) is 1. The Bertz CT molecular complexity index is 387. The first-order chi connectivity index (χ1) is 8.86. The van der Waals surface area contributed by atoms with Crippen LogP contribution in [0.1, 0.15) is 48.8 Å². The molecule has 0 heterocycles. The van der Waals surface area contributed by atoms with Crippen molar-refractivity contribution in [2.24, 2.45) is 5.73 Å². The van der Waals surface area contributed by atoms with Crippen molar-refractivity contribution in [1.82, 2.24) is 0 Å². The van der Waals surface area contributed by atoms with Crippen LogP contribution in [0.2, 0.25) is 0 Å². The molecule has 0 unspecified atom stereocenters. The van der Waals surface area contributed by atoms with Crippen molar-refractivity contribution >= 4 is 0 Å². The molecular weight excluding hydrogens is 222 g/mol. The molecule has 0 saturated heterocycles. The van der Waals surface area contributed by atoms with E-state index in [9.17, 15) is 0 Å². The third-order valence-corrected chi connectivity index (χ3v) is 3.96. The molecule has 1 aromatic carbocycles. The summed E-state index contributed by atoms with van der Waals surface area (Å²) in [6.45, 7) is 0.789. The average molecular weight is 247 g/mol. The van der Waals surface area contributed by atoms with Crippen molar-refractivity contribution in [3.63, 3.8) is 0 Å². The molecule has 0 spiro atoms. The first-order valence-corrected chi connectivity index (χ1v) is 7.24. The molecule has 0 aliphatic heterocycles. The van der Waals surface area contributed by atoms with E-state index in [1.54, 1.807) is 18.2 Å². The standard InChI is InChI=1S/C16H25NO/c1-18-16-11-10-13-7-3-2-4-8-14(13)15(16)9-5-6-12-17/h10-11H,2-9,12,17H2,1H3. The molecule has 2 nitrogen and oxygen atoms in total. The highest BCUT2D eigenvalue weighted by Gasteiger charge is 2.15. The van der Waals surface area contributed by atoms with Crippen LogP contribution in [0.3, 0.4) is 0 Å². The lowest BCUT2D eigenvalue weighted by Gasteiger charge is -2.16. The highest BCUT2D eigenvalue weighted by molar-refractivity contribution is 5.46. The second-order valence-corrected chi connectivity index (χ2v) is 5.19. The van der Waals surface area contributed by atoms with Gasteiger partial charge in [0, 0.05) is 0 Å². The summed E-state index contributed by atoms with van der Waals surface area (Å²) in [7, 11) is 1.78. The van der Waals surface area contributed by atoms with Crippen LogP contribution in [-0.4, -0.2) is 13.7 Å². The van der Waals surface area contributed by atoms with Crippen LogP contribution in [0.25, 0.3) is 0 Å². The van der Waals surface area contributed by atoms with E-state index in [1.165, 1.54) is 44.1 Å². The van der Waals surface area contributed by atoms with Crippen molar-refractivity contribution in [3.8, 4) is 5.75 Å². The van der Waals surface area contributed by atoms with E-state index >= 15 is 0 Å². The molecule has 1 aliphatic carbocycles. The largest absolute Gasteiger partial charge is 0.496 e. The summed E-state index contributed by atoms with van der Waals surface area (Å²) < 4.78 is 5.55. The zero-order valence-corrected chi connectivity index (χ0v) is 11.5. The Hall–Kier alpha value is -1.02. The summed E-state index contributed by atoms with van der Waals surface area (Å²) >= 11 is 0. The third kappa shape index (κ3) is 3.05. The topological polar surface area (TPSA) is 35.2 Å². The fraction of sp³-hybridized carbons (Fsp3) is 0.625. The van der Waals surface area contributed by atoms with Gasteiger partial charge in [0.25, 0.3) is 0 Å². The number of benzene rings is 1. The Morgan fingerprint density at radius 3 is 2.72 bits per heavy atom. The fourth-order valence-corrected chi connectivity index (χ4v) is 2.97. The second-order valence-electron chi connectivity index (χ2n) is 5.19. The van der Waals surface area contributed by atoms with Crippen molar-refractivity contribution in [1.29, 1.82) is 0 Å². The van der Waals surface area contributed by atoms with Gasteiger partial charge in [-0.25, -0.2) is 0 Å². The summed E-state index contributed by atoms with van der Waals surface area (Å²) in [6.07, 6.45) is 9.87. The monoisotopic (exact) mass is 247 g/mol. The molecule has 2 heteroatoms. The maximum absolute atomic E-state index is 5.59. The molecule has 0 bridgehead atoms. The quantitative estimate of drug-likeness (QED) is 0.640. The summed E-state index contributed by atoms with van der Waals surface area (Å²) in [4.78, 5) is 0. The van der Waals surface area contributed by atoms with Crippen LogP contribution < -0.4 is 10.5 Å². The third-order valence-electron chi connectivity index (χ3n) is 3.96. The number of nitrogens with two attached hydrogens (primary N) is 1. The van der Waals surface area contributed by atoms with Crippen LogP contribution in [0, 0.1) is 0 Å². The second kappa shape index (κ2) is 6.79. The molecule has 0 radical (unpaired) electrons. The minimum atomic E-state index is 0.789. The minimum Gasteiger partial charge on any atom is -0.496 e. The van der Waals surface area contributed by atoms with Crippen LogP contribution >= 0.6 is 0 Å². The van der Waals surface area contributed by atoms with Crippen LogP contribution in [0.4, 0.5) is 0 Å². The van der Waals surface area contributed by atoms with Gasteiger partial charge in [-0.2, -0.15) is 0 Å². The highest BCUT2D eigenvalue weighted by Crippen LogP contribution is 2.31. The van der Waals surface area contributed by atoms with Crippen LogP contribution in [-0.2, 0) is 19.3 Å². The molecule has 1 aromatic rings. The molecule has 0 saturated carbocycles. The Morgan fingerprint density at radius 2 is 1.94 bits per heavy atom. The van der Waals surface area contributed by atoms with Crippen LogP contribution in [0.15, 0.2) is 12.1 Å². The summed E-state index contributed by atoms with van der Waals surface area (Å²) in [5.41, 5.74) is 10.2. The van der Waals surface area contributed by atoms with Crippen molar-refractivity contribution in [3.05, 3.63) is 28.8 Å². The number of aryl methyl sites for hydroxylation is 1. The minimum absolute atomic E-state index is 0.789. The molecule has 100 valence electrons. The Morgan fingerprint density at radius 1 is 1.11 bits per heavy atom. The van der Waals surface area contributed by atoms with E-state index in [-0.39, 0.29) is 0 Å². The SMILES string of the molecule is COc1ccc2c(c1CCCCN)CCCCC2. The van der Waals surface area contributed by atoms with E-state index in [1.807, 2.05) is 0 Å². The van der Waals surface area contributed by atoms with Gasteiger partial charge in [0.15, 0.2) is 0 Å². The number of hydrogen-bond donors (Lipinski definition) is 1. The van der Waals surface area contributed by atoms with E-state index in [2.05, 4.69) is 12.1 Å². The first kappa shape index (κ1) is 13.4. The number of methoxy groups -OCH3 is 1. The van der Waals surface area contributed by atoms with Crippen molar-refractivity contribution < 1.29 is 4.74 Å². The summed E-state index contributed by atoms with van der Waals surface area (Å²) in [6, 6.07) is 4.42. The van der Waals surface area contributed by atoms with Gasteiger partial charge >= 0.3 is 0 Å². The zero-order chi connectivity index (χ0) is 12.8. The van der Waals surface area contributed by atoms with Crippen molar-refractivity contribution in [2.45, 2.75) is 51.4 Å². The van der Waals surface area contributed by atoms with Crippen molar-refractivity contribution in [2.75, 3.05) is 13.7 Å². The molecule has 1 aliphatic rings. The normalized spacial score (nSPS) is 15.0. The van der Waals surface area contributed by atoms with Gasteiger partial charge < -0.3 is 10.5 Å². The molecular formula is C16H25NO. The number of hydrogen-bond acceptors (Lipinski definition) is 2. The maximum Gasteiger partial charge on any atom is 0.122 e. The number of ether oxygens (including phenoxy) is 1. The first-order valence-electron chi connectivity index (χ1n) is 7.24. The lowest BCUT2D eigenvalue weighted by Crippen LogP contribution is -2.04. The Balaban J connectivity index is 2.26. The molecule has 18 heavy (non-hydrogen) atoms. The molecule has 0 atom stereocenters. The lowest BCUT2D eigenvalue weighted by molar-refractivity contribution is 0.408. The predicted octanol–water partition coefficient (Wildman–Crippen LogP) is 3.25. The smallest absolute Gasteiger partial charge is 0.122 e. The Kier molecular flexibility index (Phi) is 5.06. The van der Waals surface area contributed by atoms with E-state index in [0.717, 1.165) is 25.1 Å². The molecule has 0 fully saturated rings. The maximum atomic E-state index is 5.59. The van der Waals surface area contributed by atoms with Gasteiger partial charge in [-0.15, -0.1) is 0 Å². The number of fused-ring (bicyclic) bond motifs is 1. The van der Waals surface area contributed by atoms with E-state index in [0.29, 0.717) is 0 Å². The summed E-state index contributed by atoms with van der Waals surface area (Å²) in [5.74, 6) is 1.08. The average Bonchev–Trinajstić information content (AvgIpc) is 2.64.